The maximum Gasteiger partial charge on any atom is 0.314 e. The van der Waals surface area contributed by atoms with Gasteiger partial charge in [-0.25, -0.2) is 9.18 Å². The number of halogens is 1. The Bertz CT molecular complexity index is 1130. The van der Waals surface area contributed by atoms with Crippen LogP contribution in [0.3, 0.4) is 0 Å². The molecule has 0 spiro atoms. The predicted molar refractivity (Wildman–Crippen MR) is 126 cm³/mol. The zero-order valence-corrected chi connectivity index (χ0v) is 18.5. The Balaban J connectivity index is 1.55. The van der Waals surface area contributed by atoms with Crippen molar-refractivity contribution in [1.29, 1.82) is 0 Å². The van der Waals surface area contributed by atoms with E-state index in [2.05, 4.69) is 10.6 Å². The molecule has 0 atom stereocenters. The molecule has 5 nitrogen and oxygen atoms in total. The number of amides is 3. The van der Waals surface area contributed by atoms with Crippen LogP contribution in [-0.4, -0.2) is 24.7 Å². The van der Waals surface area contributed by atoms with Gasteiger partial charge in [0.2, 0.25) is 5.91 Å². The van der Waals surface area contributed by atoms with Crippen LogP contribution in [0.4, 0.5) is 14.9 Å². The van der Waals surface area contributed by atoms with Crippen molar-refractivity contribution in [2.24, 2.45) is 0 Å². The number of anilines is 1. The lowest BCUT2D eigenvalue weighted by atomic mass is 9.98. The fourth-order valence-electron chi connectivity index (χ4n) is 3.71. The number of carbonyl (C=O) groups is 2. The fourth-order valence-corrected chi connectivity index (χ4v) is 4.73. The minimum atomic E-state index is -0.292. The number of urea groups is 1. The molecule has 4 rings (SSSR count). The molecule has 1 heterocycles. The monoisotopic (exact) mass is 449 g/mol. The highest BCUT2D eigenvalue weighted by atomic mass is 32.2. The number of benzene rings is 3. The molecule has 0 fully saturated rings. The molecule has 7 heteroatoms. The van der Waals surface area contributed by atoms with Gasteiger partial charge in [-0.15, -0.1) is 11.8 Å². The SMILES string of the molecule is CNC(=O)NCc1ccccc1-c1ccc(CN2C(=O)CCSc3cc(F)ccc32)cc1. The van der Waals surface area contributed by atoms with Crippen molar-refractivity contribution < 1.29 is 14.0 Å². The molecule has 0 aromatic heterocycles. The normalized spacial score (nSPS) is 13.3. The number of fused-ring (bicyclic) bond motifs is 1. The Labute approximate surface area is 191 Å². The molecule has 0 bridgehead atoms. The smallest absolute Gasteiger partial charge is 0.314 e. The topological polar surface area (TPSA) is 61.4 Å². The molecular weight excluding hydrogens is 425 g/mol. The van der Waals surface area contributed by atoms with Crippen LogP contribution in [-0.2, 0) is 17.9 Å². The molecular formula is C25H24FN3O2S. The summed E-state index contributed by atoms with van der Waals surface area (Å²) in [5, 5.41) is 5.38. The van der Waals surface area contributed by atoms with E-state index in [0.29, 0.717) is 25.3 Å². The van der Waals surface area contributed by atoms with Gasteiger partial charge in [0.15, 0.2) is 0 Å². The molecule has 0 unspecified atom stereocenters. The predicted octanol–water partition coefficient (Wildman–Crippen LogP) is 4.95. The van der Waals surface area contributed by atoms with Gasteiger partial charge in [0.25, 0.3) is 0 Å². The Kier molecular flexibility index (Phi) is 6.75. The summed E-state index contributed by atoms with van der Waals surface area (Å²) >= 11 is 1.51. The van der Waals surface area contributed by atoms with E-state index in [1.807, 2.05) is 48.5 Å². The van der Waals surface area contributed by atoms with Crippen LogP contribution < -0.4 is 15.5 Å². The van der Waals surface area contributed by atoms with Gasteiger partial charge in [0.1, 0.15) is 5.82 Å². The molecule has 3 aromatic carbocycles. The lowest BCUT2D eigenvalue weighted by Gasteiger charge is -2.23. The van der Waals surface area contributed by atoms with Crippen LogP contribution in [0.1, 0.15) is 17.5 Å². The number of thioether (sulfide) groups is 1. The number of hydrogen-bond acceptors (Lipinski definition) is 3. The van der Waals surface area contributed by atoms with Gasteiger partial charge < -0.3 is 15.5 Å². The third-order valence-electron chi connectivity index (χ3n) is 5.38. The van der Waals surface area contributed by atoms with Crippen molar-refractivity contribution in [3.05, 3.63) is 83.7 Å². The van der Waals surface area contributed by atoms with Crippen molar-refractivity contribution in [3.8, 4) is 11.1 Å². The van der Waals surface area contributed by atoms with Crippen LogP contribution in [0.5, 0.6) is 0 Å². The first-order valence-electron chi connectivity index (χ1n) is 10.4. The van der Waals surface area contributed by atoms with Gasteiger partial charge in [-0.3, -0.25) is 4.79 Å². The van der Waals surface area contributed by atoms with E-state index in [9.17, 15) is 14.0 Å². The first-order chi connectivity index (χ1) is 15.5. The minimum absolute atomic E-state index is 0.0394. The van der Waals surface area contributed by atoms with Gasteiger partial charge >= 0.3 is 6.03 Å². The highest BCUT2D eigenvalue weighted by Crippen LogP contribution is 2.36. The summed E-state index contributed by atoms with van der Waals surface area (Å²) in [4.78, 5) is 26.8. The summed E-state index contributed by atoms with van der Waals surface area (Å²) in [7, 11) is 1.59. The van der Waals surface area contributed by atoms with E-state index < -0.39 is 0 Å². The van der Waals surface area contributed by atoms with E-state index in [-0.39, 0.29) is 17.8 Å². The van der Waals surface area contributed by atoms with Crippen molar-refractivity contribution in [2.45, 2.75) is 24.4 Å². The first kappa shape index (κ1) is 21.9. The van der Waals surface area contributed by atoms with Crippen molar-refractivity contribution in [3.63, 3.8) is 0 Å². The largest absolute Gasteiger partial charge is 0.341 e. The molecule has 164 valence electrons. The Morgan fingerprint density at radius 2 is 1.88 bits per heavy atom. The van der Waals surface area contributed by atoms with Gasteiger partial charge in [-0.05, 0) is 40.5 Å². The second kappa shape index (κ2) is 9.87. The molecule has 1 aliphatic heterocycles. The molecule has 32 heavy (non-hydrogen) atoms. The molecule has 1 aliphatic rings. The minimum Gasteiger partial charge on any atom is -0.341 e. The summed E-state index contributed by atoms with van der Waals surface area (Å²) < 4.78 is 13.7. The van der Waals surface area contributed by atoms with Gasteiger partial charge in [-0.1, -0.05) is 48.5 Å². The number of rotatable bonds is 5. The highest BCUT2D eigenvalue weighted by Gasteiger charge is 2.23. The number of hydrogen-bond donors (Lipinski definition) is 2. The Morgan fingerprint density at radius 3 is 2.66 bits per heavy atom. The van der Waals surface area contributed by atoms with Crippen LogP contribution in [0.25, 0.3) is 11.1 Å². The van der Waals surface area contributed by atoms with Crippen LogP contribution in [0.15, 0.2) is 71.6 Å². The summed E-state index contributed by atoms with van der Waals surface area (Å²) in [6.07, 6.45) is 0.421. The first-order valence-corrected chi connectivity index (χ1v) is 11.4. The Hall–Kier alpha value is -3.32. The van der Waals surface area contributed by atoms with Crippen LogP contribution >= 0.6 is 11.8 Å². The number of nitrogens with zero attached hydrogens (tertiary/aromatic N) is 1. The number of carbonyl (C=O) groups excluding carboxylic acids is 2. The molecule has 0 aliphatic carbocycles. The van der Waals surface area contributed by atoms with Gasteiger partial charge in [0.05, 0.1) is 12.2 Å². The van der Waals surface area contributed by atoms with E-state index in [1.165, 1.54) is 23.9 Å². The lowest BCUT2D eigenvalue weighted by molar-refractivity contribution is -0.118. The maximum atomic E-state index is 13.7. The molecule has 3 aromatic rings. The average Bonchev–Trinajstić information content (AvgIpc) is 2.96. The lowest BCUT2D eigenvalue weighted by Crippen LogP contribution is -2.32. The van der Waals surface area contributed by atoms with Gasteiger partial charge in [-0.2, -0.15) is 0 Å². The highest BCUT2D eigenvalue weighted by molar-refractivity contribution is 7.99. The van der Waals surface area contributed by atoms with Gasteiger partial charge in [0, 0.05) is 30.7 Å². The Morgan fingerprint density at radius 1 is 1.09 bits per heavy atom. The average molecular weight is 450 g/mol. The maximum absolute atomic E-state index is 13.7. The molecule has 0 radical (unpaired) electrons. The summed E-state index contributed by atoms with van der Waals surface area (Å²) in [6.45, 7) is 0.850. The van der Waals surface area contributed by atoms with E-state index in [1.54, 1.807) is 18.0 Å². The van der Waals surface area contributed by atoms with Crippen molar-refractivity contribution in [2.75, 3.05) is 17.7 Å². The second-order valence-electron chi connectivity index (χ2n) is 7.48. The molecule has 0 saturated carbocycles. The standard InChI is InChI=1S/C25H24FN3O2S/c1-27-25(31)28-15-19-4-2-3-5-21(19)18-8-6-17(7-9-18)16-29-22-11-10-20(26)14-23(22)32-13-12-24(29)30/h2-11,14H,12-13,15-16H2,1H3,(H2,27,28,31). The third kappa shape index (κ3) is 4.94. The fraction of sp³-hybridized carbons (Fsp3) is 0.200. The summed E-state index contributed by atoms with van der Waals surface area (Å²) in [5.41, 5.74) is 4.83. The summed E-state index contributed by atoms with van der Waals surface area (Å²) in [6, 6.07) is 20.3. The van der Waals surface area contributed by atoms with Crippen LogP contribution in [0.2, 0.25) is 0 Å². The van der Waals surface area contributed by atoms with E-state index in [0.717, 1.165) is 32.8 Å². The quantitative estimate of drug-likeness (QED) is 0.579. The van der Waals surface area contributed by atoms with E-state index in [4.69, 9.17) is 0 Å². The molecule has 0 saturated heterocycles. The molecule has 3 amide bonds. The van der Waals surface area contributed by atoms with Crippen molar-refractivity contribution in [1.82, 2.24) is 10.6 Å². The van der Waals surface area contributed by atoms with Crippen molar-refractivity contribution >= 4 is 29.4 Å². The zero-order valence-electron chi connectivity index (χ0n) is 17.7. The van der Waals surface area contributed by atoms with Crippen LogP contribution in [0, 0.1) is 5.82 Å². The number of nitrogens with one attached hydrogen (secondary N) is 2. The molecule has 2 N–H and O–H groups in total. The second-order valence-corrected chi connectivity index (χ2v) is 8.61. The third-order valence-corrected chi connectivity index (χ3v) is 6.42. The summed E-state index contributed by atoms with van der Waals surface area (Å²) in [5.74, 6) is 0.392. The van der Waals surface area contributed by atoms with E-state index >= 15 is 0 Å². The zero-order chi connectivity index (χ0) is 22.5.